The Balaban J connectivity index is 0.000000347. The predicted octanol–water partition coefficient (Wildman–Crippen LogP) is -3.32. The second-order valence-corrected chi connectivity index (χ2v) is 7.83. The van der Waals surface area contributed by atoms with Crippen molar-refractivity contribution in [3.8, 4) is 0 Å². The Hall–Kier alpha value is 0.453. The zero-order chi connectivity index (χ0) is 17.4. The molecule has 23 heavy (non-hydrogen) atoms. The quantitative estimate of drug-likeness (QED) is 0.139. The first kappa shape index (κ1) is 23.5. The molecule has 22 heteroatoms. The Labute approximate surface area is 146 Å². The Morgan fingerprint density at radius 2 is 0.957 bits per heavy atom. The van der Waals surface area contributed by atoms with E-state index in [1.54, 1.807) is 0 Å². The first-order valence-corrected chi connectivity index (χ1v) is 9.82. The first-order valence-electron chi connectivity index (χ1n) is 3.82. The van der Waals surface area contributed by atoms with Gasteiger partial charge >= 0.3 is 56.8 Å². The van der Waals surface area contributed by atoms with Crippen LogP contribution in [0.4, 0.5) is 0 Å². The van der Waals surface area contributed by atoms with Gasteiger partial charge in [-0.2, -0.15) is 42.0 Å². The van der Waals surface area contributed by atoms with E-state index in [0.29, 0.717) is 12.3 Å². The Morgan fingerprint density at radius 3 is 1.04 bits per heavy atom. The summed E-state index contributed by atoms with van der Waals surface area (Å²) >= 11 is 0.456. The summed E-state index contributed by atoms with van der Waals surface area (Å²) in [6, 6.07) is 0. The van der Waals surface area contributed by atoms with E-state index < -0.39 is 47.8 Å². The molecule has 0 atom stereocenters. The normalized spacial score (nSPS) is 27.0. The third kappa shape index (κ3) is 8.92. The molecule has 0 aliphatic carbocycles. The minimum atomic E-state index is -5.17. The summed E-state index contributed by atoms with van der Waals surface area (Å²) in [6.45, 7) is 0. The van der Waals surface area contributed by atoms with Crippen LogP contribution in [0.25, 0.3) is 0 Å². The van der Waals surface area contributed by atoms with Gasteiger partial charge in [0.05, 0.1) is 0 Å². The molecule has 0 unspecified atom stereocenters. The van der Waals surface area contributed by atoms with Crippen LogP contribution in [0, 0.1) is 0 Å². The summed E-state index contributed by atoms with van der Waals surface area (Å²) in [4.78, 5) is 0. The maximum absolute atomic E-state index is 10.1. The van der Waals surface area contributed by atoms with Gasteiger partial charge in [-0.3, -0.25) is 8.42 Å². The Morgan fingerprint density at radius 1 is 0.739 bits per heavy atom. The first-order chi connectivity index (χ1) is 9.54. The SMILES string of the molecule is O=S(=O)([O-])[O-].O=S1(=O)OC2(O1)OS(=O)(=O)O2.O=S1(=O)OSO1.[Zn+2]. The van der Waals surface area contributed by atoms with Gasteiger partial charge in [-0.05, 0) is 0 Å². The molecule has 0 aromatic carbocycles. The second kappa shape index (κ2) is 7.37. The van der Waals surface area contributed by atoms with Crippen LogP contribution in [0.3, 0.4) is 0 Å². The predicted molar refractivity (Wildman–Crippen MR) is 54.1 cm³/mol. The van der Waals surface area contributed by atoms with Crippen molar-refractivity contribution in [1.29, 1.82) is 0 Å². The maximum Gasteiger partial charge on any atom is 2.00 e. The van der Waals surface area contributed by atoms with E-state index in [2.05, 4.69) is 24.0 Å². The molecular weight excluding hydrogens is 494 g/mol. The topological polar surface area (TPSA) is 238 Å². The van der Waals surface area contributed by atoms with Crippen molar-refractivity contribution < 1.29 is 86.2 Å². The van der Waals surface area contributed by atoms with Gasteiger partial charge in [-0.25, -0.2) is 0 Å². The minimum Gasteiger partial charge on any atom is -0.759 e. The van der Waals surface area contributed by atoms with Crippen molar-refractivity contribution in [3.05, 3.63) is 0 Å². The monoisotopic (exact) mass is 492 g/mol. The van der Waals surface area contributed by atoms with E-state index in [1.165, 1.54) is 0 Å². The molecule has 16 nitrogen and oxygen atoms in total. The van der Waals surface area contributed by atoms with Gasteiger partial charge < -0.3 is 9.11 Å². The average molecular weight is 494 g/mol. The molecule has 0 N–H and O–H groups in total. The van der Waals surface area contributed by atoms with Crippen LogP contribution in [-0.2, 0) is 85.1 Å². The molecule has 132 valence electrons. The molecule has 3 aliphatic rings. The van der Waals surface area contributed by atoms with Gasteiger partial charge in [0.25, 0.3) is 0 Å². The van der Waals surface area contributed by atoms with Gasteiger partial charge in [0, 0.05) is 10.4 Å². The molecule has 3 saturated heterocycles. The van der Waals surface area contributed by atoms with Crippen molar-refractivity contribution in [2.45, 2.75) is 6.16 Å². The van der Waals surface area contributed by atoms with Crippen molar-refractivity contribution in [2.24, 2.45) is 0 Å². The zero-order valence-electron chi connectivity index (χ0n) is 9.78. The summed E-state index contributed by atoms with van der Waals surface area (Å²) in [5.74, 6) is 0. The third-order valence-electron chi connectivity index (χ3n) is 1.04. The molecule has 0 aromatic rings. The zero-order valence-corrected chi connectivity index (χ0v) is 16.8. The summed E-state index contributed by atoms with van der Waals surface area (Å²) in [5, 5.41) is 0. The fraction of sp³-hybridized carbons (Fsp3) is 1.00. The van der Waals surface area contributed by atoms with Crippen LogP contribution in [0.1, 0.15) is 0 Å². The summed E-state index contributed by atoms with van der Waals surface area (Å²) in [5.41, 5.74) is 0. The van der Waals surface area contributed by atoms with E-state index >= 15 is 0 Å². The molecule has 1 spiro atoms. The van der Waals surface area contributed by atoms with Crippen molar-refractivity contribution in [1.82, 2.24) is 0 Å². The van der Waals surface area contributed by atoms with E-state index in [-0.39, 0.29) is 19.5 Å². The fourth-order valence-corrected chi connectivity index (χ4v) is 2.70. The van der Waals surface area contributed by atoms with Gasteiger partial charge in [0.15, 0.2) is 12.3 Å². The molecule has 0 aromatic heterocycles. The van der Waals surface area contributed by atoms with E-state index in [9.17, 15) is 25.3 Å². The van der Waals surface area contributed by atoms with E-state index in [0.717, 1.165) is 0 Å². The maximum atomic E-state index is 10.1. The molecule has 3 rings (SSSR count). The third-order valence-corrected chi connectivity index (χ3v) is 4.45. The van der Waals surface area contributed by atoms with Crippen LogP contribution in [0.5, 0.6) is 0 Å². The molecule has 0 saturated carbocycles. The van der Waals surface area contributed by atoms with E-state index in [4.69, 9.17) is 17.5 Å². The smallest absolute Gasteiger partial charge is 0.759 e. The van der Waals surface area contributed by atoms with Gasteiger partial charge in [-0.1, -0.05) is 0 Å². The molecule has 3 heterocycles. The van der Waals surface area contributed by atoms with Crippen LogP contribution < -0.4 is 0 Å². The van der Waals surface area contributed by atoms with Gasteiger partial charge in [0.2, 0.25) is 0 Å². The Bertz CT molecular complexity index is 741. The largest absolute Gasteiger partial charge is 2.00 e. The van der Waals surface area contributed by atoms with Gasteiger partial charge in [0.1, 0.15) is 0 Å². The number of hydrogen-bond acceptors (Lipinski definition) is 17. The van der Waals surface area contributed by atoms with Crippen LogP contribution in [-0.4, -0.2) is 48.9 Å². The minimum absolute atomic E-state index is 0. The standard InChI is InChI=1S/CO8S2.O4S2.H2O4S.Zn/c2-10(3)6-1(7-10)8-11(4,5)9-1;1-6(2)3-5-4-6;1-5(2,3)4;/h;;(H2,1,2,3,4);/q;;;+2/p-2. The van der Waals surface area contributed by atoms with Crippen molar-refractivity contribution in [3.63, 3.8) is 0 Å². The molecule has 3 fully saturated rings. The van der Waals surface area contributed by atoms with Crippen LogP contribution in [0.2, 0.25) is 0 Å². The molecule has 0 amide bonds. The second-order valence-electron chi connectivity index (χ2n) is 2.67. The Kier molecular flexibility index (Phi) is 7.51. The average Bonchev–Trinajstić information content (AvgIpc) is 2.06. The summed E-state index contributed by atoms with van der Waals surface area (Å²) < 4.78 is 117. The number of rotatable bonds is 0. The molecule has 3 aliphatic heterocycles. The summed E-state index contributed by atoms with van der Waals surface area (Å²) in [7, 11) is -16.9. The fourth-order valence-electron chi connectivity index (χ4n) is 0.641. The van der Waals surface area contributed by atoms with Crippen molar-refractivity contribution in [2.75, 3.05) is 0 Å². The number of hydrogen-bond donors (Lipinski definition) is 0. The van der Waals surface area contributed by atoms with Gasteiger partial charge in [-0.15, -0.1) is 7.26 Å². The van der Waals surface area contributed by atoms with Crippen LogP contribution in [0.15, 0.2) is 0 Å². The molecule has 0 radical (unpaired) electrons. The van der Waals surface area contributed by atoms with Crippen LogP contribution >= 0.6 is 12.3 Å². The summed E-state index contributed by atoms with van der Waals surface area (Å²) in [6.07, 6.45) is -2.36. The molecule has 0 bridgehead atoms. The van der Waals surface area contributed by atoms with Crippen molar-refractivity contribution >= 4 is 53.9 Å². The molecular formula is CO16S5Zn. The van der Waals surface area contributed by atoms with E-state index in [1.807, 2.05) is 0 Å².